The van der Waals surface area contributed by atoms with Gasteiger partial charge in [-0.1, -0.05) is 42.5 Å². The third-order valence-electron chi connectivity index (χ3n) is 3.69. The topological polar surface area (TPSA) is 52.0 Å². The first-order valence-electron chi connectivity index (χ1n) is 6.91. The molecule has 0 spiro atoms. The van der Waals surface area contributed by atoms with Crippen LogP contribution in [0.25, 0.3) is 21.9 Å². The first-order valence-corrected chi connectivity index (χ1v) is 6.91. The molecule has 2 N–H and O–H groups in total. The van der Waals surface area contributed by atoms with Crippen molar-refractivity contribution in [1.29, 1.82) is 0 Å². The van der Waals surface area contributed by atoms with Crippen LogP contribution in [-0.4, -0.2) is 4.98 Å². The van der Waals surface area contributed by atoms with Gasteiger partial charge < -0.3 is 10.2 Å². The molecule has 3 heteroatoms. The highest BCUT2D eigenvalue weighted by Gasteiger charge is 2.15. The van der Waals surface area contributed by atoms with Gasteiger partial charge in [-0.15, -0.1) is 0 Å². The molecule has 0 radical (unpaired) electrons. The van der Waals surface area contributed by atoms with Crippen LogP contribution in [0.4, 0.5) is 0 Å². The number of nitrogens with two attached hydrogens (primary N) is 1. The first kappa shape index (κ1) is 12.1. The Kier molecular flexibility index (Phi) is 2.72. The van der Waals surface area contributed by atoms with E-state index in [9.17, 15) is 0 Å². The van der Waals surface area contributed by atoms with Gasteiger partial charge in [0, 0.05) is 10.8 Å². The Morgan fingerprint density at radius 1 is 0.857 bits per heavy atom. The fourth-order valence-electron chi connectivity index (χ4n) is 2.56. The normalized spacial score (nSPS) is 12.8. The second-order valence-electron chi connectivity index (χ2n) is 5.09. The smallest absolute Gasteiger partial charge is 0.134 e. The second-order valence-corrected chi connectivity index (χ2v) is 5.09. The summed E-state index contributed by atoms with van der Waals surface area (Å²) in [5.74, 6) is 0.735. The van der Waals surface area contributed by atoms with E-state index < -0.39 is 0 Å². The summed E-state index contributed by atoms with van der Waals surface area (Å²) < 4.78 is 5.83. The lowest BCUT2D eigenvalue weighted by atomic mass is 10.1. The number of hydrogen-bond acceptors (Lipinski definition) is 3. The molecular weight excluding hydrogens is 260 g/mol. The van der Waals surface area contributed by atoms with Crippen LogP contribution in [-0.2, 0) is 0 Å². The third-order valence-corrected chi connectivity index (χ3v) is 3.69. The number of hydrogen-bond donors (Lipinski definition) is 1. The van der Waals surface area contributed by atoms with Crippen molar-refractivity contribution >= 4 is 21.9 Å². The first-order chi connectivity index (χ1) is 10.3. The Hall–Kier alpha value is -2.65. The van der Waals surface area contributed by atoms with E-state index in [1.165, 1.54) is 0 Å². The van der Waals surface area contributed by atoms with Crippen LogP contribution in [0.5, 0.6) is 0 Å². The molecule has 4 aromatic rings. The average Bonchev–Trinajstić information content (AvgIpc) is 2.97. The fourth-order valence-corrected chi connectivity index (χ4v) is 2.56. The Bertz CT molecular complexity index is 893. The minimum atomic E-state index is -0.359. The van der Waals surface area contributed by atoms with Crippen molar-refractivity contribution < 1.29 is 4.42 Å². The van der Waals surface area contributed by atoms with Gasteiger partial charge in [-0.25, -0.2) is 0 Å². The van der Waals surface area contributed by atoms with Crippen LogP contribution in [0.3, 0.4) is 0 Å². The number of benzene rings is 2. The summed E-state index contributed by atoms with van der Waals surface area (Å²) in [5.41, 5.74) is 8.92. The molecule has 1 unspecified atom stereocenters. The van der Waals surface area contributed by atoms with Crippen molar-refractivity contribution in [2.75, 3.05) is 0 Å². The number of fused-ring (bicyclic) bond motifs is 2. The lowest BCUT2D eigenvalue weighted by Crippen LogP contribution is -2.12. The van der Waals surface area contributed by atoms with Gasteiger partial charge >= 0.3 is 0 Å². The predicted octanol–water partition coefficient (Wildman–Crippen LogP) is 4.03. The van der Waals surface area contributed by atoms with Crippen LogP contribution < -0.4 is 5.73 Å². The maximum Gasteiger partial charge on any atom is 0.134 e. The van der Waals surface area contributed by atoms with Crippen molar-refractivity contribution in [2.24, 2.45) is 5.73 Å². The average molecular weight is 274 g/mol. The zero-order chi connectivity index (χ0) is 14.2. The number of aromatic nitrogens is 1. The molecule has 0 aliphatic carbocycles. The summed E-state index contributed by atoms with van der Waals surface area (Å²) in [6.45, 7) is 0. The van der Waals surface area contributed by atoms with E-state index >= 15 is 0 Å². The minimum absolute atomic E-state index is 0.359. The molecule has 102 valence electrons. The Labute approximate surface area is 122 Å². The summed E-state index contributed by atoms with van der Waals surface area (Å²) in [5, 5.41) is 2.17. The maximum atomic E-state index is 6.31. The summed E-state index contributed by atoms with van der Waals surface area (Å²) >= 11 is 0. The van der Waals surface area contributed by atoms with E-state index in [-0.39, 0.29) is 6.04 Å². The van der Waals surface area contributed by atoms with Crippen molar-refractivity contribution in [3.63, 3.8) is 0 Å². The fraction of sp³-hybridized carbons (Fsp3) is 0.0556. The summed E-state index contributed by atoms with van der Waals surface area (Å²) in [6, 6.07) is 21.5. The number of pyridine rings is 1. The van der Waals surface area contributed by atoms with Gasteiger partial charge in [-0.05, 0) is 24.3 Å². The van der Waals surface area contributed by atoms with E-state index in [0.29, 0.717) is 0 Å². The molecule has 3 nitrogen and oxygen atoms in total. The Morgan fingerprint density at radius 3 is 2.48 bits per heavy atom. The van der Waals surface area contributed by atoms with Crippen LogP contribution in [0.1, 0.15) is 17.5 Å². The lowest BCUT2D eigenvalue weighted by Gasteiger charge is -2.09. The molecule has 1 atom stereocenters. The molecule has 0 amide bonds. The van der Waals surface area contributed by atoms with Crippen molar-refractivity contribution in [3.05, 3.63) is 78.2 Å². The molecule has 2 aromatic heterocycles. The minimum Gasteiger partial charge on any atom is -0.459 e. The number of furan rings is 1. The molecule has 0 saturated carbocycles. The lowest BCUT2D eigenvalue weighted by molar-refractivity contribution is 0.521. The largest absolute Gasteiger partial charge is 0.459 e. The van der Waals surface area contributed by atoms with Gasteiger partial charge in [0.25, 0.3) is 0 Å². The van der Waals surface area contributed by atoms with Crippen LogP contribution in [0.15, 0.2) is 71.1 Å². The number of nitrogens with zero attached hydrogens (tertiary/aromatic N) is 1. The van der Waals surface area contributed by atoms with E-state index in [4.69, 9.17) is 10.2 Å². The second kappa shape index (κ2) is 4.72. The van der Waals surface area contributed by atoms with Gasteiger partial charge in [0.15, 0.2) is 0 Å². The van der Waals surface area contributed by atoms with Gasteiger partial charge in [0.05, 0.1) is 11.2 Å². The van der Waals surface area contributed by atoms with Crippen LogP contribution in [0, 0.1) is 0 Å². The Balaban J connectivity index is 1.79. The zero-order valence-corrected chi connectivity index (χ0v) is 11.4. The summed E-state index contributed by atoms with van der Waals surface area (Å²) in [7, 11) is 0. The van der Waals surface area contributed by atoms with Gasteiger partial charge in [0.2, 0.25) is 0 Å². The monoisotopic (exact) mass is 274 g/mol. The molecule has 0 fully saturated rings. The SMILES string of the molecule is NC(c1ccc2ccccc2n1)c1cc2ccccc2o1. The molecule has 2 aromatic carbocycles. The highest BCUT2D eigenvalue weighted by atomic mass is 16.3. The van der Waals surface area contributed by atoms with Crippen molar-refractivity contribution in [1.82, 2.24) is 4.98 Å². The quantitative estimate of drug-likeness (QED) is 0.600. The van der Waals surface area contributed by atoms with Crippen molar-refractivity contribution in [3.8, 4) is 0 Å². The predicted molar refractivity (Wildman–Crippen MR) is 84.0 cm³/mol. The molecule has 0 aliphatic rings. The van der Waals surface area contributed by atoms with Crippen LogP contribution >= 0.6 is 0 Å². The van der Waals surface area contributed by atoms with E-state index in [0.717, 1.165) is 33.3 Å². The maximum absolute atomic E-state index is 6.31. The van der Waals surface area contributed by atoms with Crippen molar-refractivity contribution in [2.45, 2.75) is 6.04 Å². The van der Waals surface area contributed by atoms with Gasteiger partial charge in [0.1, 0.15) is 17.4 Å². The molecular formula is C18H14N2O. The summed E-state index contributed by atoms with van der Waals surface area (Å²) in [4.78, 5) is 4.64. The molecule has 0 saturated heterocycles. The summed E-state index contributed by atoms with van der Waals surface area (Å²) in [6.07, 6.45) is 0. The molecule has 2 heterocycles. The van der Waals surface area contributed by atoms with E-state index in [1.54, 1.807) is 0 Å². The Morgan fingerprint density at radius 2 is 1.62 bits per heavy atom. The number of rotatable bonds is 2. The highest BCUT2D eigenvalue weighted by molar-refractivity contribution is 5.79. The molecule has 4 rings (SSSR count). The zero-order valence-electron chi connectivity index (χ0n) is 11.4. The van der Waals surface area contributed by atoms with Crippen LogP contribution in [0.2, 0.25) is 0 Å². The van der Waals surface area contributed by atoms with E-state index in [1.807, 2.05) is 66.7 Å². The molecule has 21 heavy (non-hydrogen) atoms. The van der Waals surface area contributed by atoms with E-state index in [2.05, 4.69) is 4.98 Å². The highest BCUT2D eigenvalue weighted by Crippen LogP contribution is 2.26. The van der Waals surface area contributed by atoms with Gasteiger partial charge in [-0.2, -0.15) is 0 Å². The third kappa shape index (κ3) is 2.08. The molecule has 0 bridgehead atoms. The number of para-hydroxylation sites is 2. The standard InChI is InChI=1S/C18H14N2O/c19-18(17-11-13-6-2-4-8-16(13)21-17)15-10-9-12-5-1-3-7-14(12)20-15/h1-11,18H,19H2. The molecule has 0 aliphatic heterocycles. The van der Waals surface area contributed by atoms with Gasteiger partial charge in [-0.3, -0.25) is 4.98 Å².